The van der Waals surface area contributed by atoms with Gasteiger partial charge in [-0.25, -0.2) is 9.89 Å². The van der Waals surface area contributed by atoms with E-state index in [1.807, 2.05) is 12.1 Å². The van der Waals surface area contributed by atoms with Gasteiger partial charge in [0.05, 0.1) is 0 Å². The number of hydrogen-bond donors (Lipinski definition) is 2. The number of nitrogens with one attached hydrogen (secondary N) is 2. The molecule has 19 heavy (non-hydrogen) atoms. The monoisotopic (exact) mass is 260 g/mol. The van der Waals surface area contributed by atoms with E-state index in [1.54, 1.807) is 0 Å². The summed E-state index contributed by atoms with van der Waals surface area (Å²) in [6, 6.07) is 4.33. The van der Waals surface area contributed by atoms with Crippen LogP contribution >= 0.6 is 0 Å². The highest BCUT2D eigenvalue weighted by molar-refractivity contribution is 5.46. The maximum absolute atomic E-state index is 11.5. The molecule has 2 saturated heterocycles. The number of anilines is 1. The number of aromatic nitrogens is 4. The van der Waals surface area contributed by atoms with Crippen LogP contribution in [0.5, 0.6) is 0 Å². The second-order valence-corrected chi connectivity index (χ2v) is 5.36. The van der Waals surface area contributed by atoms with Crippen molar-refractivity contribution in [3.05, 3.63) is 22.6 Å². The van der Waals surface area contributed by atoms with Crippen molar-refractivity contribution in [1.29, 1.82) is 0 Å². The van der Waals surface area contributed by atoms with E-state index in [2.05, 4.69) is 25.5 Å². The molecule has 2 fully saturated rings. The molecule has 2 aliphatic rings. The molecule has 0 aliphatic carbocycles. The number of H-pyrrole nitrogens is 1. The van der Waals surface area contributed by atoms with Gasteiger partial charge in [0.25, 0.3) is 0 Å². The molecule has 4 heterocycles. The van der Waals surface area contributed by atoms with Crippen molar-refractivity contribution in [2.24, 2.45) is 5.92 Å². The molecule has 2 aliphatic heterocycles. The van der Waals surface area contributed by atoms with Gasteiger partial charge < -0.3 is 10.2 Å². The quantitative estimate of drug-likeness (QED) is 0.730. The molecule has 2 aromatic rings. The maximum Gasteiger partial charge on any atom is 0.364 e. The van der Waals surface area contributed by atoms with Gasteiger partial charge in [-0.3, -0.25) is 0 Å². The van der Waals surface area contributed by atoms with Crippen LogP contribution < -0.4 is 15.9 Å². The number of aromatic amines is 1. The Bertz CT molecular complexity index is 648. The molecule has 4 rings (SSSR count). The SMILES string of the molecule is O=c1[nH]nc2ccc(N3CC4CCCNC4C3)nn12. The van der Waals surface area contributed by atoms with E-state index in [-0.39, 0.29) is 5.69 Å². The van der Waals surface area contributed by atoms with E-state index >= 15 is 0 Å². The minimum atomic E-state index is -0.286. The van der Waals surface area contributed by atoms with Crippen molar-refractivity contribution >= 4 is 11.5 Å². The van der Waals surface area contributed by atoms with E-state index < -0.39 is 0 Å². The van der Waals surface area contributed by atoms with Crippen molar-refractivity contribution in [3.63, 3.8) is 0 Å². The Hall–Kier alpha value is -1.89. The molecule has 2 N–H and O–H groups in total. The predicted molar refractivity (Wildman–Crippen MR) is 70.3 cm³/mol. The van der Waals surface area contributed by atoms with Gasteiger partial charge in [-0.15, -0.1) is 5.10 Å². The van der Waals surface area contributed by atoms with Crippen LogP contribution in [0.15, 0.2) is 16.9 Å². The molecular formula is C12H16N6O. The van der Waals surface area contributed by atoms with Crippen LogP contribution in [0.3, 0.4) is 0 Å². The van der Waals surface area contributed by atoms with E-state index in [4.69, 9.17) is 0 Å². The molecule has 0 saturated carbocycles. The van der Waals surface area contributed by atoms with Crippen LogP contribution in [0.1, 0.15) is 12.8 Å². The number of fused-ring (bicyclic) bond motifs is 2. The summed E-state index contributed by atoms with van der Waals surface area (Å²) in [5.74, 6) is 1.56. The van der Waals surface area contributed by atoms with Crippen LogP contribution in [0.25, 0.3) is 5.65 Å². The number of nitrogens with zero attached hydrogens (tertiary/aromatic N) is 4. The molecule has 2 atom stereocenters. The summed E-state index contributed by atoms with van der Waals surface area (Å²) in [5, 5.41) is 14.2. The molecular weight excluding hydrogens is 244 g/mol. The summed E-state index contributed by atoms with van der Waals surface area (Å²) in [4.78, 5) is 13.8. The van der Waals surface area contributed by atoms with Crippen molar-refractivity contribution in [2.75, 3.05) is 24.5 Å². The molecule has 2 aromatic heterocycles. The standard InChI is InChI=1S/C12H16N6O/c19-12-15-14-10-3-4-11(16-18(10)12)17-6-8-2-1-5-13-9(8)7-17/h3-4,8-9,13H,1-2,5-7H2,(H,15,19). The zero-order valence-corrected chi connectivity index (χ0v) is 10.5. The molecule has 0 radical (unpaired) electrons. The minimum absolute atomic E-state index is 0.286. The van der Waals surface area contributed by atoms with Gasteiger partial charge in [0.1, 0.15) is 5.82 Å². The minimum Gasteiger partial charge on any atom is -0.353 e. The van der Waals surface area contributed by atoms with Crippen LogP contribution in [0.4, 0.5) is 5.82 Å². The van der Waals surface area contributed by atoms with Gasteiger partial charge in [0, 0.05) is 19.1 Å². The summed E-state index contributed by atoms with van der Waals surface area (Å²) in [6.45, 7) is 3.10. The Morgan fingerprint density at radius 1 is 1.32 bits per heavy atom. The number of rotatable bonds is 1. The van der Waals surface area contributed by atoms with Gasteiger partial charge in [0.15, 0.2) is 5.65 Å². The lowest BCUT2D eigenvalue weighted by atomic mass is 9.94. The lowest BCUT2D eigenvalue weighted by Crippen LogP contribution is -2.40. The number of piperidine rings is 1. The highest BCUT2D eigenvalue weighted by atomic mass is 16.2. The lowest BCUT2D eigenvalue weighted by molar-refractivity contribution is 0.340. The third-order valence-corrected chi connectivity index (χ3v) is 4.18. The second kappa shape index (κ2) is 4.06. The Kier molecular flexibility index (Phi) is 2.34. The van der Waals surface area contributed by atoms with Crippen molar-refractivity contribution in [2.45, 2.75) is 18.9 Å². The summed E-state index contributed by atoms with van der Waals surface area (Å²) >= 11 is 0. The Morgan fingerprint density at radius 3 is 3.16 bits per heavy atom. The van der Waals surface area contributed by atoms with Gasteiger partial charge in [-0.2, -0.15) is 9.61 Å². The first-order valence-electron chi connectivity index (χ1n) is 6.74. The first-order chi connectivity index (χ1) is 9.31. The Morgan fingerprint density at radius 2 is 2.26 bits per heavy atom. The fourth-order valence-electron chi connectivity index (χ4n) is 3.20. The molecule has 0 bridgehead atoms. The van der Waals surface area contributed by atoms with E-state index in [0.717, 1.165) is 25.5 Å². The number of hydrogen-bond acceptors (Lipinski definition) is 5. The lowest BCUT2D eigenvalue weighted by Gasteiger charge is -2.24. The first kappa shape index (κ1) is 11.0. The molecule has 7 nitrogen and oxygen atoms in total. The van der Waals surface area contributed by atoms with Crippen LogP contribution in [0.2, 0.25) is 0 Å². The van der Waals surface area contributed by atoms with Crippen molar-refractivity contribution < 1.29 is 0 Å². The highest BCUT2D eigenvalue weighted by Gasteiger charge is 2.34. The van der Waals surface area contributed by atoms with Crippen molar-refractivity contribution in [3.8, 4) is 0 Å². The zero-order valence-electron chi connectivity index (χ0n) is 10.5. The summed E-state index contributed by atoms with van der Waals surface area (Å²) < 4.78 is 1.32. The average molecular weight is 260 g/mol. The maximum atomic E-state index is 11.5. The third kappa shape index (κ3) is 1.73. The molecule has 0 amide bonds. The smallest absolute Gasteiger partial charge is 0.353 e. The van der Waals surface area contributed by atoms with Gasteiger partial charge in [-0.05, 0) is 37.4 Å². The Balaban J connectivity index is 1.67. The van der Waals surface area contributed by atoms with E-state index in [1.165, 1.54) is 17.4 Å². The highest BCUT2D eigenvalue weighted by Crippen LogP contribution is 2.27. The summed E-state index contributed by atoms with van der Waals surface area (Å²) in [5.41, 5.74) is 0.273. The van der Waals surface area contributed by atoms with Gasteiger partial charge in [0.2, 0.25) is 0 Å². The van der Waals surface area contributed by atoms with Crippen LogP contribution in [0, 0.1) is 5.92 Å². The van der Waals surface area contributed by atoms with E-state index in [9.17, 15) is 4.79 Å². The summed E-state index contributed by atoms with van der Waals surface area (Å²) in [7, 11) is 0. The summed E-state index contributed by atoms with van der Waals surface area (Å²) in [6.07, 6.45) is 2.53. The van der Waals surface area contributed by atoms with Crippen LogP contribution in [-0.4, -0.2) is 45.5 Å². The topological polar surface area (TPSA) is 78.3 Å². The van der Waals surface area contributed by atoms with E-state index in [0.29, 0.717) is 17.6 Å². The fourth-order valence-corrected chi connectivity index (χ4v) is 3.20. The predicted octanol–water partition coefficient (Wildman–Crippen LogP) is -0.394. The zero-order chi connectivity index (χ0) is 12.8. The van der Waals surface area contributed by atoms with Gasteiger partial charge in [-0.1, -0.05) is 0 Å². The first-order valence-corrected chi connectivity index (χ1v) is 6.74. The normalized spacial score (nSPS) is 26.8. The van der Waals surface area contributed by atoms with Crippen LogP contribution in [-0.2, 0) is 0 Å². The fraction of sp³-hybridized carbons (Fsp3) is 0.583. The molecule has 7 heteroatoms. The molecule has 0 spiro atoms. The van der Waals surface area contributed by atoms with Crippen molar-refractivity contribution in [1.82, 2.24) is 25.1 Å². The molecule has 2 unspecified atom stereocenters. The van der Waals surface area contributed by atoms with Gasteiger partial charge >= 0.3 is 5.69 Å². The Labute approximate surface area is 109 Å². The second-order valence-electron chi connectivity index (χ2n) is 5.36. The largest absolute Gasteiger partial charge is 0.364 e. The third-order valence-electron chi connectivity index (χ3n) is 4.18. The molecule has 0 aromatic carbocycles. The average Bonchev–Trinajstić information content (AvgIpc) is 3.02. The molecule has 100 valence electrons.